The molecule has 0 fully saturated rings. The molecule has 0 amide bonds. The molecule has 3 aromatic carbocycles. The molecule has 0 spiro atoms. The van der Waals surface area contributed by atoms with Crippen LogP contribution in [-0.2, 0) is 11.2 Å². The van der Waals surface area contributed by atoms with Crippen LogP contribution in [0.3, 0.4) is 0 Å². The lowest BCUT2D eigenvalue weighted by Crippen LogP contribution is -2.26. The minimum atomic E-state index is -2.03. The molecule has 0 unspecified atom stereocenters. The Morgan fingerprint density at radius 1 is 0.479 bits per heavy atom. The van der Waals surface area contributed by atoms with E-state index in [1.165, 1.54) is 0 Å². The predicted molar refractivity (Wildman–Crippen MR) is 244 cm³/mol. The maximum Gasteiger partial charge on any atom is 0.382 e. The maximum atomic E-state index is 16.5. The number of benzene rings is 3. The van der Waals surface area contributed by atoms with Crippen molar-refractivity contribution >= 4 is 17.9 Å². The molecule has 0 radical (unpaired) electrons. The zero-order chi connectivity index (χ0) is 51.4. The quantitative estimate of drug-likeness (QED) is 0.0253. The van der Waals surface area contributed by atoms with Crippen LogP contribution in [0.25, 0.3) is 33.4 Å². The maximum absolute atomic E-state index is 16.5. The molecule has 0 aliphatic heterocycles. The predicted octanol–water partition coefficient (Wildman–Crippen LogP) is 14.1. The van der Waals surface area contributed by atoms with E-state index in [4.69, 9.17) is 19.0 Å². The molecule has 19 heteroatoms. The minimum Gasteiger partial charge on any atom is -0.490 e. The molecule has 0 saturated heterocycles. The summed E-state index contributed by atoms with van der Waals surface area (Å²) in [5.74, 6) is -18.8. The van der Waals surface area contributed by atoms with Crippen LogP contribution in [0, 0.1) is 52.4 Å². The van der Waals surface area contributed by atoms with E-state index in [2.05, 4.69) is 9.97 Å². The molecule has 0 aliphatic carbocycles. The van der Waals surface area contributed by atoms with Crippen LogP contribution in [0.5, 0.6) is 11.5 Å². The summed E-state index contributed by atoms with van der Waals surface area (Å²) >= 11 is 0. The van der Waals surface area contributed by atoms with Gasteiger partial charge in [0.2, 0.25) is 11.5 Å². The number of nitrogens with one attached hydrogen (secondary N) is 2. The second kappa shape index (κ2) is 24.8. The van der Waals surface area contributed by atoms with Crippen molar-refractivity contribution in [2.45, 2.75) is 111 Å². The molecule has 3 heterocycles. The van der Waals surface area contributed by atoms with E-state index in [-0.39, 0.29) is 29.9 Å². The van der Waals surface area contributed by atoms with Gasteiger partial charge in [0.1, 0.15) is 17.5 Å². The van der Waals surface area contributed by atoms with Gasteiger partial charge in [0, 0.05) is 51.8 Å². The first-order chi connectivity index (χ1) is 34.1. The summed E-state index contributed by atoms with van der Waals surface area (Å²) < 4.78 is 155. The SMILES string of the molecule is CCCCCCCc1cc(F)c(-c2c[nH]c(C(=O)OC(=O)c3c(F)c(-c4ccc(OCCCCCC)c(F)c4F)cn3OC(=O)c3[nH]cc(-c4cc(F)c(OCCCCCC)cc4F)c3F)c2F)cc1F. The number of aromatic amines is 2. The zero-order valence-corrected chi connectivity index (χ0v) is 39.2. The van der Waals surface area contributed by atoms with E-state index in [9.17, 15) is 14.4 Å². The van der Waals surface area contributed by atoms with Crippen LogP contribution < -0.4 is 14.3 Å². The second-order valence-corrected chi connectivity index (χ2v) is 16.8. The van der Waals surface area contributed by atoms with Crippen LogP contribution in [0.1, 0.15) is 141 Å². The summed E-state index contributed by atoms with van der Waals surface area (Å²) in [5.41, 5.74) is -8.11. The first-order valence-corrected chi connectivity index (χ1v) is 23.5. The second-order valence-electron chi connectivity index (χ2n) is 16.8. The van der Waals surface area contributed by atoms with Gasteiger partial charge in [0.25, 0.3) is 0 Å². The number of ether oxygens (including phenoxy) is 3. The van der Waals surface area contributed by atoms with Crippen molar-refractivity contribution in [3.05, 3.63) is 130 Å². The fourth-order valence-electron chi connectivity index (χ4n) is 7.74. The number of esters is 2. The largest absolute Gasteiger partial charge is 0.490 e. The van der Waals surface area contributed by atoms with Gasteiger partial charge in [-0.05, 0) is 61.6 Å². The summed E-state index contributed by atoms with van der Waals surface area (Å²) in [7, 11) is 0. The van der Waals surface area contributed by atoms with Gasteiger partial charge >= 0.3 is 17.9 Å². The summed E-state index contributed by atoms with van der Waals surface area (Å²) in [6.07, 6.45) is 12.7. The number of halogens is 9. The Labute approximate surface area is 403 Å². The number of hydrogen-bond acceptors (Lipinski definition) is 7. The molecule has 380 valence electrons. The van der Waals surface area contributed by atoms with E-state index < -0.39 is 132 Å². The molecule has 0 bridgehead atoms. The first-order valence-electron chi connectivity index (χ1n) is 23.5. The third-order valence-corrected chi connectivity index (χ3v) is 11.6. The van der Waals surface area contributed by atoms with Crippen molar-refractivity contribution in [3.63, 3.8) is 0 Å². The monoisotopic (exact) mass is 1000 g/mol. The molecular formula is C52H52F9N3O7. The Morgan fingerprint density at radius 2 is 1.01 bits per heavy atom. The summed E-state index contributed by atoms with van der Waals surface area (Å²) in [4.78, 5) is 50.0. The molecule has 6 aromatic rings. The average Bonchev–Trinajstić information content (AvgIpc) is 4.02. The van der Waals surface area contributed by atoms with Gasteiger partial charge < -0.3 is 29.0 Å². The van der Waals surface area contributed by atoms with Crippen LogP contribution in [0.2, 0.25) is 0 Å². The number of carbonyl (C=O) groups is 3. The standard InChI is InChI=1S/C52H52F9N3O7/c1-4-7-10-13-14-17-29-22-37(54)31(23-36(29)53)33-26-62-47(43(33)58)50(65)70-52(67)49-45(60)35(30-18-19-40(46(61)42(30)57)68-20-15-11-8-5-2)28-64(49)71-51(66)48-44(59)34(27-63-48)32-24-39(56)41(25-38(32)55)69-21-16-12-9-6-3/h18-19,22-28,62-63H,4-17,20-21H2,1-3H3. The van der Waals surface area contributed by atoms with Crippen molar-refractivity contribution in [1.29, 1.82) is 0 Å². The third kappa shape index (κ3) is 12.5. The molecule has 3 aromatic heterocycles. The third-order valence-electron chi connectivity index (χ3n) is 11.6. The zero-order valence-electron chi connectivity index (χ0n) is 39.2. The Balaban J connectivity index is 1.29. The van der Waals surface area contributed by atoms with Gasteiger partial charge in [-0.2, -0.15) is 9.12 Å². The fourth-order valence-corrected chi connectivity index (χ4v) is 7.74. The molecule has 0 aliphatic rings. The van der Waals surface area contributed by atoms with Gasteiger partial charge in [-0.3, -0.25) is 0 Å². The van der Waals surface area contributed by atoms with Crippen molar-refractivity contribution in [3.8, 4) is 44.9 Å². The van der Waals surface area contributed by atoms with E-state index >= 15 is 39.5 Å². The molecule has 0 saturated carbocycles. The highest BCUT2D eigenvalue weighted by Crippen LogP contribution is 2.36. The Bertz CT molecular complexity index is 2860. The molecule has 71 heavy (non-hydrogen) atoms. The molecule has 0 atom stereocenters. The summed E-state index contributed by atoms with van der Waals surface area (Å²) in [6, 6.07) is 4.80. The van der Waals surface area contributed by atoms with Crippen molar-refractivity contribution in [1.82, 2.24) is 14.7 Å². The average molecular weight is 1000 g/mol. The van der Waals surface area contributed by atoms with Crippen molar-refractivity contribution < 1.29 is 72.9 Å². The first kappa shape index (κ1) is 53.4. The van der Waals surface area contributed by atoms with Gasteiger partial charge in [-0.25, -0.2) is 49.5 Å². The van der Waals surface area contributed by atoms with Gasteiger partial charge in [-0.15, -0.1) is 0 Å². The Kier molecular flexibility index (Phi) is 18.6. The number of nitrogens with zero attached hydrogens (tertiary/aromatic N) is 1. The molecular weight excluding hydrogens is 950 g/mol. The van der Waals surface area contributed by atoms with Gasteiger partial charge in [0.15, 0.2) is 52.0 Å². The van der Waals surface area contributed by atoms with Gasteiger partial charge in [-0.1, -0.05) is 85.0 Å². The van der Waals surface area contributed by atoms with Crippen LogP contribution in [0.4, 0.5) is 39.5 Å². The van der Waals surface area contributed by atoms with E-state index in [1.54, 1.807) is 0 Å². The van der Waals surface area contributed by atoms with E-state index in [0.717, 1.165) is 101 Å². The normalized spacial score (nSPS) is 11.3. The number of unbranched alkanes of at least 4 members (excludes halogenated alkanes) is 10. The highest BCUT2D eigenvalue weighted by atomic mass is 19.2. The van der Waals surface area contributed by atoms with Crippen molar-refractivity contribution in [2.75, 3.05) is 13.2 Å². The highest BCUT2D eigenvalue weighted by molar-refractivity contribution is 6.03. The fraction of sp³-hybridized carbons (Fsp3) is 0.365. The lowest BCUT2D eigenvalue weighted by Gasteiger charge is -2.10. The summed E-state index contributed by atoms with van der Waals surface area (Å²) in [5, 5.41) is 0. The number of rotatable bonds is 25. The smallest absolute Gasteiger partial charge is 0.382 e. The lowest BCUT2D eigenvalue weighted by molar-refractivity contribution is 0.0321. The number of carbonyl (C=O) groups excluding carboxylic acids is 3. The minimum absolute atomic E-state index is 0.00897. The lowest BCUT2D eigenvalue weighted by atomic mass is 10.0. The molecule has 2 N–H and O–H groups in total. The Hall–Kier alpha value is -6.92. The highest BCUT2D eigenvalue weighted by Gasteiger charge is 2.34. The number of hydrogen-bond donors (Lipinski definition) is 2. The van der Waals surface area contributed by atoms with Gasteiger partial charge in [0.05, 0.1) is 19.4 Å². The van der Waals surface area contributed by atoms with Crippen LogP contribution in [0.15, 0.2) is 55.0 Å². The van der Waals surface area contributed by atoms with Crippen LogP contribution in [-0.4, -0.2) is 45.8 Å². The topological polar surface area (TPSA) is 125 Å². The Morgan fingerprint density at radius 3 is 1.62 bits per heavy atom. The number of aryl methyl sites for hydroxylation is 1. The number of aromatic nitrogens is 3. The number of H-pyrrole nitrogens is 2. The van der Waals surface area contributed by atoms with Crippen LogP contribution >= 0.6 is 0 Å². The van der Waals surface area contributed by atoms with E-state index in [1.807, 2.05) is 20.8 Å². The van der Waals surface area contributed by atoms with E-state index in [0.29, 0.717) is 37.6 Å². The summed E-state index contributed by atoms with van der Waals surface area (Å²) in [6.45, 7) is 6.09. The molecule has 10 nitrogen and oxygen atoms in total. The molecule has 6 rings (SSSR count). The van der Waals surface area contributed by atoms with Crippen molar-refractivity contribution in [2.24, 2.45) is 0 Å².